The molecule has 0 aliphatic heterocycles. The number of ether oxygens (including phenoxy) is 1. The Kier molecular flexibility index (Phi) is 7.03. The lowest BCUT2D eigenvalue weighted by Gasteiger charge is -2.28. The summed E-state index contributed by atoms with van der Waals surface area (Å²) >= 11 is 5.94. The van der Waals surface area contributed by atoms with Gasteiger partial charge in [0, 0.05) is 11.1 Å². The summed E-state index contributed by atoms with van der Waals surface area (Å²) in [6.45, 7) is 10.4. The first-order valence-electron chi connectivity index (χ1n) is 7.57. The van der Waals surface area contributed by atoms with E-state index in [2.05, 4.69) is 33.0 Å². The van der Waals surface area contributed by atoms with Crippen LogP contribution < -0.4 is 10.1 Å². The Labute approximate surface area is 133 Å². The van der Waals surface area contributed by atoms with E-state index in [1.54, 1.807) is 12.1 Å². The van der Waals surface area contributed by atoms with Gasteiger partial charge >= 0.3 is 0 Å². The molecular formula is C17H26ClNO2. The maximum Gasteiger partial charge on any atom is 0.261 e. The quantitative estimate of drug-likeness (QED) is 0.815. The van der Waals surface area contributed by atoms with Gasteiger partial charge in [-0.2, -0.15) is 0 Å². The fourth-order valence-electron chi connectivity index (χ4n) is 2.39. The first-order chi connectivity index (χ1) is 9.85. The molecule has 1 aromatic carbocycles. The first-order valence-corrected chi connectivity index (χ1v) is 7.95. The number of carbonyl (C=O) groups excluding carboxylic acids is 1. The average Bonchev–Trinajstić information content (AvgIpc) is 2.41. The number of halogens is 1. The van der Waals surface area contributed by atoms with Crippen molar-refractivity contribution in [3.05, 3.63) is 29.3 Å². The molecule has 4 heteroatoms. The Morgan fingerprint density at radius 1 is 1.24 bits per heavy atom. The number of hydrogen-bond donors (Lipinski definition) is 1. The second-order valence-electron chi connectivity index (χ2n) is 5.99. The predicted molar refractivity (Wildman–Crippen MR) is 87.8 cm³/mol. The highest BCUT2D eigenvalue weighted by molar-refractivity contribution is 6.30. The van der Waals surface area contributed by atoms with Gasteiger partial charge in [-0.25, -0.2) is 0 Å². The van der Waals surface area contributed by atoms with Crippen LogP contribution in [-0.2, 0) is 4.79 Å². The topological polar surface area (TPSA) is 38.3 Å². The summed E-state index contributed by atoms with van der Waals surface area (Å²) in [6.07, 6.45) is 0.116. The van der Waals surface area contributed by atoms with Crippen LogP contribution in [0.2, 0.25) is 5.02 Å². The van der Waals surface area contributed by atoms with Crippen molar-refractivity contribution in [3.63, 3.8) is 0 Å². The summed E-state index contributed by atoms with van der Waals surface area (Å²) in [5.41, 5.74) is 0. The summed E-state index contributed by atoms with van der Waals surface area (Å²) in [4.78, 5) is 12.4. The Morgan fingerprint density at radius 2 is 1.86 bits per heavy atom. The third kappa shape index (κ3) is 5.58. The lowest BCUT2D eigenvalue weighted by Crippen LogP contribution is -2.48. The second kappa shape index (κ2) is 8.28. The van der Waals surface area contributed by atoms with Crippen LogP contribution in [0.15, 0.2) is 24.3 Å². The maximum absolute atomic E-state index is 12.4. The fourth-order valence-corrected chi connectivity index (χ4v) is 2.57. The molecule has 118 valence electrons. The smallest absolute Gasteiger partial charge is 0.261 e. The van der Waals surface area contributed by atoms with Crippen molar-refractivity contribution in [3.8, 4) is 5.75 Å². The molecule has 0 bridgehead atoms. The number of hydrogen-bond acceptors (Lipinski definition) is 2. The summed E-state index contributed by atoms with van der Waals surface area (Å²) in [5, 5.41) is 3.71. The Bertz CT molecular complexity index is 452. The Balaban J connectivity index is 2.73. The van der Waals surface area contributed by atoms with Crippen LogP contribution in [0.3, 0.4) is 0 Å². The van der Waals surface area contributed by atoms with Gasteiger partial charge in [0.2, 0.25) is 0 Å². The molecule has 0 aliphatic carbocycles. The van der Waals surface area contributed by atoms with Crippen LogP contribution in [0.25, 0.3) is 0 Å². The predicted octanol–water partition coefficient (Wildman–Crippen LogP) is 4.29. The van der Waals surface area contributed by atoms with Crippen LogP contribution in [-0.4, -0.2) is 18.1 Å². The van der Waals surface area contributed by atoms with Crippen molar-refractivity contribution in [1.82, 2.24) is 5.32 Å². The molecule has 0 aromatic heterocycles. The highest BCUT2D eigenvalue weighted by Crippen LogP contribution is 2.20. The molecule has 21 heavy (non-hydrogen) atoms. The van der Waals surface area contributed by atoms with Crippen LogP contribution in [0.4, 0.5) is 0 Å². The zero-order chi connectivity index (χ0) is 16.0. The summed E-state index contributed by atoms with van der Waals surface area (Å²) in [5.74, 6) is 1.33. The fraction of sp³-hybridized carbons (Fsp3) is 0.588. The SMILES string of the molecule is CCC(Oc1cccc(Cl)c1)C(=O)NC(C(C)C)C(C)C. The van der Waals surface area contributed by atoms with Crippen molar-refractivity contribution >= 4 is 17.5 Å². The van der Waals surface area contributed by atoms with E-state index in [4.69, 9.17) is 16.3 Å². The summed E-state index contributed by atoms with van der Waals surface area (Å²) in [7, 11) is 0. The molecule has 0 radical (unpaired) electrons. The standard InChI is InChI=1S/C17H26ClNO2/c1-6-15(21-14-9-7-8-13(18)10-14)17(20)19-16(11(2)3)12(4)5/h7-12,15-16H,6H2,1-5H3,(H,19,20). The molecule has 1 unspecified atom stereocenters. The molecule has 0 spiro atoms. The Hall–Kier alpha value is -1.22. The van der Waals surface area contributed by atoms with E-state index in [0.29, 0.717) is 29.0 Å². The molecule has 1 atom stereocenters. The van der Waals surface area contributed by atoms with Crippen molar-refractivity contribution in [2.75, 3.05) is 0 Å². The minimum absolute atomic E-state index is 0.0649. The number of rotatable bonds is 7. The molecule has 1 rings (SSSR count). The van der Waals surface area contributed by atoms with Gasteiger partial charge in [-0.3, -0.25) is 4.79 Å². The van der Waals surface area contributed by atoms with Crippen molar-refractivity contribution in [2.24, 2.45) is 11.8 Å². The number of benzene rings is 1. The molecule has 0 aliphatic rings. The van der Waals surface area contributed by atoms with E-state index < -0.39 is 6.10 Å². The van der Waals surface area contributed by atoms with Crippen molar-refractivity contribution < 1.29 is 9.53 Å². The van der Waals surface area contributed by atoms with Crippen LogP contribution in [0.1, 0.15) is 41.0 Å². The number of amides is 1. The van der Waals surface area contributed by atoms with E-state index in [9.17, 15) is 4.79 Å². The molecule has 0 saturated carbocycles. The average molecular weight is 312 g/mol. The van der Waals surface area contributed by atoms with Crippen molar-refractivity contribution in [2.45, 2.75) is 53.2 Å². The lowest BCUT2D eigenvalue weighted by atomic mass is 9.93. The largest absolute Gasteiger partial charge is 0.481 e. The zero-order valence-corrected chi connectivity index (χ0v) is 14.3. The maximum atomic E-state index is 12.4. The monoisotopic (exact) mass is 311 g/mol. The Morgan fingerprint density at radius 3 is 2.33 bits per heavy atom. The minimum atomic E-state index is -0.497. The summed E-state index contributed by atoms with van der Waals surface area (Å²) < 4.78 is 5.77. The normalized spacial score (nSPS) is 12.8. The third-order valence-electron chi connectivity index (χ3n) is 3.48. The molecule has 1 aromatic rings. The lowest BCUT2D eigenvalue weighted by molar-refractivity contribution is -0.129. The van der Waals surface area contributed by atoms with Gasteiger partial charge in [-0.05, 0) is 36.5 Å². The van der Waals surface area contributed by atoms with Gasteiger partial charge in [0.1, 0.15) is 5.75 Å². The second-order valence-corrected chi connectivity index (χ2v) is 6.43. The highest BCUT2D eigenvalue weighted by Gasteiger charge is 2.25. The van der Waals surface area contributed by atoms with E-state index in [1.165, 1.54) is 0 Å². The van der Waals surface area contributed by atoms with Gasteiger partial charge in [0.25, 0.3) is 5.91 Å². The highest BCUT2D eigenvalue weighted by atomic mass is 35.5. The third-order valence-corrected chi connectivity index (χ3v) is 3.72. The van der Waals surface area contributed by atoms with E-state index in [-0.39, 0.29) is 11.9 Å². The zero-order valence-electron chi connectivity index (χ0n) is 13.5. The van der Waals surface area contributed by atoms with Gasteiger partial charge in [0.05, 0.1) is 0 Å². The molecular weight excluding hydrogens is 286 g/mol. The molecule has 3 nitrogen and oxygen atoms in total. The minimum Gasteiger partial charge on any atom is -0.481 e. The molecule has 0 saturated heterocycles. The molecule has 0 fully saturated rings. The van der Waals surface area contributed by atoms with Crippen molar-refractivity contribution in [1.29, 1.82) is 0 Å². The van der Waals surface area contributed by atoms with Crippen LogP contribution in [0, 0.1) is 11.8 Å². The van der Waals surface area contributed by atoms with E-state index in [1.807, 2.05) is 19.1 Å². The van der Waals surface area contributed by atoms with E-state index in [0.717, 1.165) is 0 Å². The van der Waals surface area contributed by atoms with Gasteiger partial charge in [-0.1, -0.05) is 52.3 Å². The molecule has 1 N–H and O–H groups in total. The van der Waals surface area contributed by atoms with Gasteiger partial charge in [0.15, 0.2) is 6.10 Å². The first kappa shape index (κ1) is 17.8. The molecule has 1 amide bonds. The van der Waals surface area contributed by atoms with E-state index >= 15 is 0 Å². The van der Waals surface area contributed by atoms with Gasteiger partial charge < -0.3 is 10.1 Å². The van der Waals surface area contributed by atoms with Gasteiger partial charge in [-0.15, -0.1) is 0 Å². The molecule has 0 heterocycles. The number of nitrogens with one attached hydrogen (secondary N) is 1. The summed E-state index contributed by atoms with van der Waals surface area (Å²) in [6, 6.07) is 7.27. The van der Waals surface area contributed by atoms with Crippen LogP contribution in [0.5, 0.6) is 5.75 Å². The number of carbonyl (C=O) groups is 1. The van der Waals surface area contributed by atoms with Crippen LogP contribution >= 0.6 is 11.6 Å².